The average Bonchev–Trinajstić information content (AvgIpc) is 2.88. The van der Waals surface area contributed by atoms with E-state index in [2.05, 4.69) is 79.9 Å². The predicted molar refractivity (Wildman–Crippen MR) is 165 cm³/mol. The maximum atomic E-state index is 12.3. The number of aliphatic hydroxyl groups excluding tert-OH is 1. The lowest BCUT2D eigenvalue weighted by Crippen LogP contribution is -2.46. The first kappa shape index (κ1) is 36.8. The van der Waals surface area contributed by atoms with Crippen LogP contribution < -0.4 is 5.32 Å². The molecule has 0 aliphatic rings. The van der Waals surface area contributed by atoms with Gasteiger partial charge in [-0.1, -0.05) is 106 Å². The summed E-state index contributed by atoms with van der Waals surface area (Å²) >= 11 is 0. The molecule has 0 saturated carbocycles. The van der Waals surface area contributed by atoms with E-state index in [9.17, 15) is 22.9 Å². The van der Waals surface area contributed by atoms with Crippen molar-refractivity contribution in [3.8, 4) is 0 Å². The quantitative estimate of drug-likeness (QED) is 0.0639. The molecule has 39 heavy (non-hydrogen) atoms. The minimum Gasteiger partial charge on any atom is -0.387 e. The number of allylic oxidation sites excluding steroid dienone is 11. The van der Waals surface area contributed by atoms with Gasteiger partial charge in [-0.15, -0.1) is 0 Å². The molecule has 222 valence electrons. The fourth-order valence-corrected chi connectivity index (χ4v) is 4.43. The number of aliphatic hydroxyl groups is 1. The topological polar surface area (TPSA) is 104 Å². The fourth-order valence-electron chi connectivity index (χ4n) is 3.69. The summed E-state index contributed by atoms with van der Waals surface area (Å²) in [6.07, 6.45) is 36.2. The number of unbranched alkanes of at least 4 members (excludes halogenated alkanes) is 6. The molecule has 0 aromatic heterocycles. The van der Waals surface area contributed by atoms with Crippen LogP contribution in [0.1, 0.15) is 104 Å². The van der Waals surface area contributed by atoms with E-state index in [4.69, 9.17) is 0 Å². The Morgan fingerprint density at radius 1 is 0.718 bits per heavy atom. The fraction of sp³-hybridized carbons (Fsp3) is 0.594. The highest BCUT2D eigenvalue weighted by Crippen LogP contribution is 2.08. The van der Waals surface area contributed by atoms with E-state index in [1.807, 2.05) is 0 Å². The van der Waals surface area contributed by atoms with Crippen LogP contribution in [0, 0.1) is 0 Å². The van der Waals surface area contributed by atoms with Crippen molar-refractivity contribution in [1.82, 2.24) is 5.32 Å². The Hall–Kier alpha value is -2.22. The molecule has 3 N–H and O–H groups in total. The second-order valence-electron chi connectivity index (χ2n) is 9.63. The third-order valence-corrected chi connectivity index (χ3v) is 6.63. The maximum absolute atomic E-state index is 12.3. The molecule has 0 saturated heterocycles. The number of nitrogens with one attached hydrogen (secondary N) is 1. The van der Waals surface area contributed by atoms with Crippen LogP contribution in [0.4, 0.5) is 0 Å². The van der Waals surface area contributed by atoms with Crippen LogP contribution in [0.2, 0.25) is 0 Å². The summed E-state index contributed by atoms with van der Waals surface area (Å²) in [5, 5.41) is 13.0. The molecule has 0 rings (SSSR count). The Kier molecular flexibility index (Phi) is 24.5. The first-order chi connectivity index (χ1) is 18.8. The lowest BCUT2D eigenvalue weighted by Gasteiger charge is -2.21. The predicted octanol–water partition coefficient (Wildman–Crippen LogP) is 7.56. The minimum atomic E-state index is -4.35. The molecule has 1 amide bonds. The van der Waals surface area contributed by atoms with Crippen LogP contribution in [0.15, 0.2) is 72.9 Å². The highest BCUT2D eigenvalue weighted by Gasteiger charge is 2.24. The summed E-state index contributed by atoms with van der Waals surface area (Å²) in [5.41, 5.74) is 0. The normalized spacial score (nSPS) is 14.7. The van der Waals surface area contributed by atoms with Gasteiger partial charge in [0.25, 0.3) is 10.1 Å². The lowest BCUT2D eigenvalue weighted by molar-refractivity contribution is -0.122. The van der Waals surface area contributed by atoms with E-state index in [1.165, 1.54) is 6.08 Å². The van der Waals surface area contributed by atoms with Gasteiger partial charge in [-0.2, -0.15) is 8.42 Å². The van der Waals surface area contributed by atoms with Crippen molar-refractivity contribution < 1.29 is 22.9 Å². The minimum absolute atomic E-state index is 0.255. The van der Waals surface area contributed by atoms with Crippen LogP contribution in [0.3, 0.4) is 0 Å². The molecule has 0 bridgehead atoms. The summed E-state index contributed by atoms with van der Waals surface area (Å²) in [7, 11) is -4.35. The third-order valence-electron chi connectivity index (χ3n) is 5.85. The van der Waals surface area contributed by atoms with Gasteiger partial charge in [-0.3, -0.25) is 9.35 Å². The van der Waals surface area contributed by atoms with Crippen LogP contribution >= 0.6 is 0 Å². The van der Waals surface area contributed by atoms with Gasteiger partial charge in [0.05, 0.1) is 17.9 Å². The first-order valence-electron chi connectivity index (χ1n) is 14.6. The van der Waals surface area contributed by atoms with E-state index in [-0.39, 0.29) is 12.3 Å². The van der Waals surface area contributed by atoms with Gasteiger partial charge in [-0.25, -0.2) is 0 Å². The standard InChI is InChI=1S/C32H53NO5S/c1-3-5-7-9-11-12-13-14-15-16-17-18-19-20-22-24-26-28-32(35)33-30(29-39(36,37)38)31(34)27-25-23-21-10-8-6-4-2/h5,7-8,10-12,14-15,17-18,25,27,30-31,34H,3-4,6,9,13,16,19-24,26,28-29H2,1-2H3,(H,33,35)(H,36,37,38)/b7-5-,10-8+,12-11-,15-14-,18-17-,27-25+. The smallest absolute Gasteiger partial charge is 0.267 e. The molecule has 6 nitrogen and oxygen atoms in total. The van der Waals surface area contributed by atoms with Crippen molar-refractivity contribution in [3.05, 3.63) is 72.9 Å². The van der Waals surface area contributed by atoms with Crippen molar-refractivity contribution in [3.63, 3.8) is 0 Å². The third kappa shape index (κ3) is 27.1. The summed E-state index contributed by atoms with van der Waals surface area (Å²) < 4.78 is 32.0. The number of carbonyl (C=O) groups excluding carboxylic acids is 1. The Morgan fingerprint density at radius 2 is 1.26 bits per heavy atom. The largest absolute Gasteiger partial charge is 0.387 e. The summed E-state index contributed by atoms with van der Waals surface area (Å²) in [6.45, 7) is 4.24. The molecule has 0 aliphatic heterocycles. The molecule has 0 spiro atoms. The van der Waals surface area contributed by atoms with Gasteiger partial charge in [0.1, 0.15) is 0 Å². The van der Waals surface area contributed by atoms with Crippen molar-refractivity contribution >= 4 is 16.0 Å². The van der Waals surface area contributed by atoms with Gasteiger partial charge in [0.15, 0.2) is 0 Å². The van der Waals surface area contributed by atoms with Gasteiger partial charge < -0.3 is 10.4 Å². The van der Waals surface area contributed by atoms with E-state index in [0.717, 1.165) is 70.6 Å². The van der Waals surface area contributed by atoms with Crippen LogP contribution in [0.5, 0.6) is 0 Å². The Morgan fingerprint density at radius 3 is 1.87 bits per heavy atom. The van der Waals surface area contributed by atoms with E-state index in [0.29, 0.717) is 12.8 Å². The zero-order valence-electron chi connectivity index (χ0n) is 24.2. The highest BCUT2D eigenvalue weighted by molar-refractivity contribution is 7.85. The highest BCUT2D eigenvalue weighted by atomic mass is 32.2. The molecule has 2 atom stereocenters. The second-order valence-corrected chi connectivity index (χ2v) is 11.1. The summed E-state index contributed by atoms with van der Waals surface area (Å²) in [6, 6.07) is -1.09. The Balaban J connectivity index is 4.13. The van der Waals surface area contributed by atoms with Crippen molar-refractivity contribution in [2.24, 2.45) is 0 Å². The average molecular weight is 564 g/mol. The van der Waals surface area contributed by atoms with Crippen LogP contribution in [-0.4, -0.2) is 41.9 Å². The molecular weight excluding hydrogens is 510 g/mol. The molecule has 7 heteroatoms. The number of amides is 1. The molecular formula is C32H53NO5S. The Labute approximate surface area is 238 Å². The van der Waals surface area contributed by atoms with E-state index in [1.54, 1.807) is 6.08 Å². The zero-order chi connectivity index (χ0) is 29.0. The van der Waals surface area contributed by atoms with E-state index < -0.39 is 28.0 Å². The zero-order valence-corrected chi connectivity index (χ0v) is 25.0. The molecule has 2 unspecified atom stereocenters. The summed E-state index contributed by atoms with van der Waals surface area (Å²) in [4.78, 5) is 12.3. The van der Waals surface area contributed by atoms with Gasteiger partial charge >= 0.3 is 0 Å². The second kappa shape index (κ2) is 26.0. The number of carbonyl (C=O) groups is 1. The summed E-state index contributed by atoms with van der Waals surface area (Å²) in [5.74, 6) is -1.05. The molecule has 0 aromatic rings. The molecule has 0 heterocycles. The molecule has 0 fully saturated rings. The molecule has 0 radical (unpaired) electrons. The maximum Gasteiger partial charge on any atom is 0.267 e. The monoisotopic (exact) mass is 563 g/mol. The van der Waals surface area contributed by atoms with Gasteiger partial charge in [0.2, 0.25) is 5.91 Å². The van der Waals surface area contributed by atoms with Crippen molar-refractivity contribution in [1.29, 1.82) is 0 Å². The van der Waals surface area contributed by atoms with Crippen LogP contribution in [-0.2, 0) is 14.9 Å². The molecule has 0 aromatic carbocycles. The van der Waals surface area contributed by atoms with Gasteiger partial charge in [0, 0.05) is 6.42 Å². The Bertz CT molecular complexity index is 884. The number of hydrogen-bond donors (Lipinski definition) is 3. The number of rotatable bonds is 24. The molecule has 0 aliphatic carbocycles. The van der Waals surface area contributed by atoms with Crippen LogP contribution in [0.25, 0.3) is 0 Å². The van der Waals surface area contributed by atoms with Crippen molar-refractivity contribution in [2.75, 3.05) is 5.75 Å². The van der Waals surface area contributed by atoms with E-state index >= 15 is 0 Å². The number of hydrogen-bond acceptors (Lipinski definition) is 4. The lowest BCUT2D eigenvalue weighted by atomic mass is 10.1. The van der Waals surface area contributed by atoms with Gasteiger partial charge in [-0.05, 0) is 64.2 Å². The first-order valence-corrected chi connectivity index (χ1v) is 16.2. The van der Waals surface area contributed by atoms with Crippen molar-refractivity contribution in [2.45, 2.75) is 116 Å². The SMILES string of the molecule is CC/C=C\C/C=C\C/C=C\C/C=C\CCCCCCC(=O)NC(CS(=O)(=O)O)C(O)/C=C/CC/C=C/CCC.